The van der Waals surface area contributed by atoms with Gasteiger partial charge < -0.3 is 14.9 Å². The molecular formula is C11H10N4O5. The lowest BCUT2D eigenvalue weighted by molar-refractivity contribution is -0.396. The van der Waals surface area contributed by atoms with Gasteiger partial charge in [0.25, 0.3) is 5.69 Å². The Morgan fingerprint density at radius 1 is 1.30 bits per heavy atom. The Bertz CT molecular complexity index is 667. The van der Waals surface area contributed by atoms with Gasteiger partial charge in [-0.15, -0.1) is 0 Å². The van der Waals surface area contributed by atoms with Crippen LogP contribution in [0.2, 0.25) is 0 Å². The molecule has 0 spiro atoms. The molecule has 0 saturated carbocycles. The highest BCUT2D eigenvalue weighted by atomic mass is 16.6. The lowest BCUT2D eigenvalue weighted by atomic mass is 10.3. The van der Waals surface area contributed by atoms with E-state index < -0.39 is 9.85 Å². The van der Waals surface area contributed by atoms with Gasteiger partial charge in [0.2, 0.25) is 0 Å². The van der Waals surface area contributed by atoms with Crippen molar-refractivity contribution < 1.29 is 14.6 Å². The number of aromatic nitrogens is 2. The Kier molecular flexibility index (Phi) is 3.60. The van der Waals surface area contributed by atoms with E-state index in [4.69, 9.17) is 4.74 Å². The van der Waals surface area contributed by atoms with Crippen molar-refractivity contribution in [3.8, 4) is 5.75 Å². The Hall–Kier alpha value is -2.97. The zero-order chi connectivity index (χ0) is 14.7. The summed E-state index contributed by atoms with van der Waals surface area (Å²) in [5.74, 6) is 0.0192. The Morgan fingerprint density at radius 2 is 2.05 bits per heavy atom. The highest BCUT2D eigenvalue weighted by molar-refractivity contribution is 5.38. The highest BCUT2D eigenvalue weighted by Gasteiger charge is 2.17. The molecule has 1 aromatic carbocycles. The molecule has 104 valence electrons. The number of benzene rings is 1. The maximum absolute atomic E-state index is 10.6. The minimum atomic E-state index is -0.600. The van der Waals surface area contributed by atoms with E-state index in [1.807, 2.05) is 0 Å². The van der Waals surface area contributed by atoms with Crippen LogP contribution >= 0.6 is 0 Å². The van der Waals surface area contributed by atoms with Gasteiger partial charge in [0.05, 0.1) is 18.0 Å². The fraction of sp³-hybridized carbons (Fsp3) is 0.182. The quantitative estimate of drug-likeness (QED) is 0.608. The van der Waals surface area contributed by atoms with E-state index in [0.717, 1.165) is 0 Å². The van der Waals surface area contributed by atoms with Crippen molar-refractivity contribution in [2.75, 3.05) is 0 Å². The van der Waals surface area contributed by atoms with E-state index in [-0.39, 0.29) is 18.2 Å². The largest absolute Gasteiger partial charge is 0.486 e. The number of nitrogens with zero attached hydrogens (tertiary/aromatic N) is 4. The summed E-state index contributed by atoms with van der Waals surface area (Å²) in [5.41, 5.74) is 0.404. The van der Waals surface area contributed by atoms with E-state index in [9.17, 15) is 20.2 Å². The first-order chi connectivity index (χ1) is 9.49. The Morgan fingerprint density at radius 3 is 2.65 bits per heavy atom. The third-order valence-electron chi connectivity index (χ3n) is 2.64. The van der Waals surface area contributed by atoms with E-state index in [1.165, 1.54) is 36.0 Å². The topological polar surface area (TPSA) is 113 Å². The van der Waals surface area contributed by atoms with E-state index in [0.29, 0.717) is 11.4 Å². The van der Waals surface area contributed by atoms with Crippen LogP contribution in [-0.2, 0) is 13.7 Å². The molecular weight excluding hydrogens is 268 g/mol. The van der Waals surface area contributed by atoms with Crippen LogP contribution in [0.5, 0.6) is 5.75 Å². The predicted octanol–water partition coefficient (Wildman–Crippen LogP) is 1.82. The van der Waals surface area contributed by atoms with Gasteiger partial charge in [-0.1, -0.05) is 11.1 Å². The second-order valence-corrected chi connectivity index (χ2v) is 3.91. The first-order valence-electron chi connectivity index (χ1n) is 5.51. The molecule has 0 bridgehead atoms. The number of hydrogen-bond donors (Lipinski definition) is 0. The lowest BCUT2D eigenvalue weighted by Crippen LogP contribution is -2.05. The molecule has 2 aromatic rings. The molecule has 9 nitrogen and oxygen atoms in total. The molecule has 0 unspecified atom stereocenters. The fourth-order valence-electron chi connectivity index (χ4n) is 1.58. The maximum Gasteiger partial charge on any atom is 0.434 e. The van der Waals surface area contributed by atoms with Crippen molar-refractivity contribution in [3.05, 3.63) is 56.4 Å². The third-order valence-corrected chi connectivity index (χ3v) is 2.64. The van der Waals surface area contributed by atoms with Gasteiger partial charge in [-0.3, -0.25) is 10.1 Å². The van der Waals surface area contributed by atoms with Crippen molar-refractivity contribution >= 4 is 11.6 Å². The van der Waals surface area contributed by atoms with Crippen LogP contribution in [0.1, 0.15) is 5.69 Å². The molecule has 1 aromatic heterocycles. The molecule has 0 aliphatic heterocycles. The van der Waals surface area contributed by atoms with Crippen molar-refractivity contribution in [1.82, 2.24) is 9.55 Å². The lowest BCUT2D eigenvalue weighted by Gasteiger charge is -2.04. The first kappa shape index (κ1) is 13.5. The predicted molar refractivity (Wildman–Crippen MR) is 67.3 cm³/mol. The van der Waals surface area contributed by atoms with Gasteiger partial charge in [0.1, 0.15) is 18.6 Å². The van der Waals surface area contributed by atoms with E-state index >= 15 is 0 Å². The summed E-state index contributed by atoms with van der Waals surface area (Å²) in [6.45, 7) is 0.0263. The zero-order valence-electron chi connectivity index (χ0n) is 10.4. The number of hydrogen-bond acceptors (Lipinski definition) is 6. The number of imidazole rings is 1. The summed E-state index contributed by atoms with van der Waals surface area (Å²) in [4.78, 5) is 23.8. The van der Waals surface area contributed by atoms with E-state index in [2.05, 4.69) is 4.98 Å². The van der Waals surface area contributed by atoms with Gasteiger partial charge in [-0.25, -0.2) is 4.57 Å². The molecule has 0 aliphatic rings. The minimum absolute atomic E-state index is 0.0263. The Labute approximate surface area is 112 Å². The SMILES string of the molecule is Cn1c(COc2cccc([N+](=O)[O-])c2)cnc1[N+](=O)[O-]. The second-order valence-electron chi connectivity index (χ2n) is 3.91. The van der Waals surface area contributed by atoms with Crippen molar-refractivity contribution in [3.63, 3.8) is 0 Å². The second kappa shape index (κ2) is 5.34. The van der Waals surface area contributed by atoms with Gasteiger partial charge in [0.15, 0.2) is 5.69 Å². The molecule has 0 N–H and O–H groups in total. The van der Waals surface area contributed by atoms with Crippen LogP contribution in [0, 0.1) is 20.2 Å². The van der Waals surface area contributed by atoms with Crippen LogP contribution in [0.15, 0.2) is 30.5 Å². The fourth-order valence-corrected chi connectivity index (χ4v) is 1.58. The zero-order valence-corrected chi connectivity index (χ0v) is 10.4. The van der Waals surface area contributed by atoms with Crippen molar-refractivity contribution in [1.29, 1.82) is 0 Å². The first-order valence-corrected chi connectivity index (χ1v) is 5.51. The summed E-state index contributed by atoms with van der Waals surface area (Å²) < 4.78 is 6.66. The van der Waals surface area contributed by atoms with Crippen LogP contribution in [0.4, 0.5) is 11.6 Å². The average Bonchev–Trinajstić information content (AvgIpc) is 2.78. The smallest absolute Gasteiger partial charge is 0.434 e. The number of nitro groups is 2. The summed E-state index contributed by atoms with van der Waals surface area (Å²) in [6, 6.07) is 5.70. The van der Waals surface area contributed by atoms with Crippen LogP contribution in [0.3, 0.4) is 0 Å². The van der Waals surface area contributed by atoms with Crippen LogP contribution < -0.4 is 4.74 Å². The van der Waals surface area contributed by atoms with E-state index in [1.54, 1.807) is 6.07 Å². The summed E-state index contributed by atoms with van der Waals surface area (Å²) in [5, 5.41) is 21.3. The van der Waals surface area contributed by atoms with Gasteiger partial charge >= 0.3 is 5.95 Å². The highest BCUT2D eigenvalue weighted by Crippen LogP contribution is 2.20. The molecule has 9 heteroatoms. The number of nitro benzene ring substituents is 1. The van der Waals surface area contributed by atoms with Crippen LogP contribution in [0.25, 0.3) is 0 Å². The standard InChI is InChI=1S/C11H10N4O5/c1-13-9(6-12-11(13)15(18)19)7-20-10-4-2-3-8(5-10)14(16)17/h2-6H,7H2,1H3. The third kappa shape index (κ3) is 2.71. The molecule has 0 fully saturated rings. The van der Waals surface area contributed by atoms with Crippen molar-refractivity contribution in [2.24, 2.45) is 7.05 Å². The Balaban J connectivity index is 2.11. The monoisotopic (exact) mass is 278 g/mol. The van der Waals surface area contributed by atoms with Gasteiger partial charge in [0, 0.05) is 6.07 Å². The average molecular weight is 278 g/mol. The molecule has 2 rings (SSSR count). The normalized spacial score (nSPS) is 10.2. The van der Waals surface area contributed by atoms with Gasteiger partial charge in [-0.2, -0.15) is 0 Å². The molecule has 0 aliphatic carbocycles. The molecule has 0 atom stereocenters. The molecule has 1 heterocycles. The molecule has 0 amide bonds. The number of ether oxygens (including phenoxy) is 1. The maximum atomic E-state index is 10.6. The molecule has 20 heavy (non-hydrogen) atoms. The van der Waals surface area contributed by atoms with Gasteiger partial charge in [-0.05, 0) is 11.0 Å². The number of non-ortho nitro benzene ring substituents is 1. The summed E-state index contributed by atoms with van der Waals surface area (Å²) in [7, 11) is 1.50. The molecule has 0 saturated heterocycles. The minimum Gasteiger partial charge on any atom is -0.486 e. The number of rotatable bonds is 5. The summed E-state index contributed by atoms with van der Waals surface area (Å²) in [6.07, 6.45) is 1.33. The summed E-state index contributed by atoms with van der Waals surface area (Å²) >= 11 is 0. The van der Waals surface area contributed by atoms with Crippen LogP contribution in [-0.4, -0.2) is 19.4 Å². The van der Waals surface area contributed by atoms with Crippen molar-refractivity contribution in [2.45, 2.75) is 6.61 Å². The molecule has 0 radical (unpaired) electrons.